The van der Waals surface area contributed by atoms with Gasteiger partial charge in [-0.3, -0.25) is 0 Å². The lowest BCUT2D eigenvalue weighted by Crippen LogP contribution is -2.18. The van der Waals surface area contributed by atoms with Crippen molar-refractivity contribution in [3.05, 3.63) is 22.4 Å². The predicted molar refractivity (Wildman–Crippen MR) is 64.4 cm³/mol. The second-order valence-corrected chi connectivity index (χ2v) is 5.04. The summed E-state index contributed by atoms with van der Waals surface area (Å²) >= 11 is 1.78. The van der Waals surface area contributed by atoms with E-state index in [4.69, 9.17) is 4.74 Å². The van der Waals surface area contributed by atoms with Crippen LogP contribution in [-0.4, -0.2) is 23.9 Å². The second-order valence-electron chi connectivity index (χ2n) is 4.01. The Balaban J connectivity index is 2.04. The molecule has 1 N–H and O–H groups in total. The highest BCUT2D eigenvalue weighted by molar-refractivity contribution is 7.09. The van der Waals surface area contributed by atoms with Crippen LogP contribution in [0.15, 0.2) is 17.5 Å². The van der Waals surface area contributed by atoms with Crippen molar-refractivity contribution >= 4 is 11.3 Å². The van der Waals surface area contributed by atoms with Gasteiger partial charge in [0.1, 0.15) is 0 Å². The number of aliphatic hydroxyl groups is 1. The van der Waals surface area contributed by atoms with E-state index in [1.54, 1.807) is 11.3 Å². The second kappa shape index (κ2) is 6.99. The SMILES string of the molecule is CC(C)OCC(O)CCCc1cccs1. The average Bonchev–Trinajstić information content (AvgIpc) is 2.67. The molecule has 1 atom stereocenters. The molecular formula is C12H20O2S. The molecule has 0 amide bonds. The molecule has 0 radical (unpaired) electrons. The summed E-state index contributed by atoms with van der Waals surface area (Å²) in [6.45, 7) is 4.43. The van der Waals surface area contributed by atoms with Gasteiger partial charge in [0.25, 0.3) is 0 Å². The van der Waals surface area contributed by atoms with E-state index >= 15 is 0 Å². The number of ether oxygens (including phenoxy) is 1. The van der Waals surface area contributed by atoms with Crippen molar-refractivity contribution in [2.75, 3.05) is 6.61 Å². The first-order valence-corrected chi connectivity index (χ1v) is 6.38. The van der Waals surface area contributed by atoms with Crippen molar-refractivity contribution in [1.29, 1.82) is 0 Å². The molecule has 0 aliphatic rings. The fraction of sp³-hybridized carbons (Fsp3) is 0.667. The first kappa shape index (κ1) is 12.7. The van der Waals surface area contributed by atoms with Crippen LogP contribution in [0, 0.1) is 0 Å². The maximum absolute atomic E-state index is 9.61. The summed E-state index contributed by atoms with van der Waals surface area (Å²) in [4.78, 5) is 1.40. The van der Waals surface area contributed by atoms with Crippen molar-refractivity contribution in [3.8, 4) is 0 Å². The number of thiophene rings is 1. The molecule has 2 nitrogen and oxygen atoms in total. The largest absolute Gasteiger partial charge is 0.391 e. The number of aliphatic hydroxyl groups excluding tert-OH is 1. The highest BCUT2D eigenvalue weighted by Gasteiger charge is 2.05. The molecule has 1 rings (SSSR count). The van der Waals surface area contributed by atoms with Crippen LogP contribution in [0.4, 0.5) is 0 Å². The Morgan fingerprint density at radius 2 is 2.27 bits per heavy atom. The first-order valence-electron chi connectivity index (χ1n) is 5.50. The minimum Gasteiger partial charge on any atom is -0.391 e. The summed E-state index contributed by atoms with van der Waals surface area (Å²) in [6, 6.07) is 4.21. The Bertz CT molecular complexity index is 244. The molecule has 86 valence electrons. The van der Waals surface area contributed by atoms with E-state index in [2.05, 4.69) is 17.5 Å². The van der Waals surface area contributed by atoms with Crippen molar-refractivity contribution < 1.29 is 9.84 Å². The minimum atomic E-state index is -0.313. The molecule has 3 heteroatoms. The summed E-state index contributed by atoms with van der Waals surface area (Å²) in [6.07, 6.45) is 2.81. The van der Waals surface area contributed by atoms with Gasteiger partial charge in [-0.05, 0) is 44.6 Å². The molecule has 0 saturated carbocycles. The predicted octanol–water partition coefficient (Wildman–Crippen LogP) is 2.86. The monoisotopic (exact) mass is 228 g/mol. The number of rotatable bonds is 7. The molecular weight excluding hydrogens is 208 g/mol. The van der Waals surface area contributed by atoms with Crippen molar-refractivity contribution in [2.45, 2.75) is 45.3 Å². The van der Waals surface area contributed by atoms with Crippen LogP contribution in [0.3, 0.4) is 0 Å². The van der Waals surface area contributed by atoms with E-state index in [9.17, 15) is 5.11 Å². The Morgan fingerprint density at radius 1 is 1.47 bits per heavy atom. The molecule has 1 aromatic heterocycles. The van der Waals surface area contributed by atoms with Gasteiger partial charge in [0.15, 0.2) is 0 Å². The summed E-state index contributed by atoms with van der Waals surface area (Å²) in [5, 5.41) is 11.7. The molecule has 0 saturated heterocycles. The average molecular weight is 228 g/mol. The van der Waals surface area contributed by atoms with Crippen LogP contribution in [0.2, 0.25) is 0 Å². The van der Waals surface area contributed by atoms with Crippen molar-refractivity contribution in [3.63, 3.8) is 0 Å². The lowest BCUT2D eigenvalue weighted by molar-refractivity contribution is 0.00207. The van der Waals surface area contributed by atoms with Gasteiger partial charge >= 0.3 is 0 Å². The van der Waals surface area contributed by atoms with Crippen LogP contribution >= 0.6 is 11.3 Å². The Morgan fingerprint density at radius 3 is 2.87 bits per heavy atom. The molecule has 0 aliphatic heterocycles. The molecule has 1 unspecified atom stereocenters. The Labute approximate surface area is 95.9 Å². The van der Waals surface area contributed by atoms with Crippen molar-refractivity contribution in [1.82, 2.24) is 0 Å². The summed E-state index contributed by atoms with van der Waals surface area (Å²) in [7, 11) is 0. The number of aryl methyl sites for hydroxylation is 1. The zero-order valence-corrected chi connectivity index (χ0v) is 10.3. The lowest BCUT2D eigenvalue weighted by atomic mass is 10.1. The molecule has 0 aliphatic carbocycles. The summed E-state index contributed by atoms with van der Waals surface area (Å²) in [5.74, 6) is 0. The van der Waals surface area contributed by atoms with Gasteiger partial charge in [-0.25, -0.2) is 0 Å². The molecule has 0 aromatic carbocycles. The lowest BCUT2D eigenvalue weighted by Gasteiger charge is -2.12. The maximum Gasteiger partial charge on any atom is 0.0773 e. The smallest absolute Gasteiger partial charge is 0.0773 e. The summed E-state index contributed by atoms with van der Waals surface area (Å²) in [5.41, 5.74) is 0. The number of hydrogen-bond acceptors (Lipinski definition) is 3. The third-order valence-electron chi connectivity index (χ3n) is 2.16. The quantitative estimate of drug-likeness (QED) is 0.777. The highest BCUT2D eigenvalue weighted by atomic mass is 32.1. The number of hydrogen-bond donors (Lipinski definition) is 1. The maximum atomic E-state index is 9.61. The Hall–Kier alpha value is -0.380. The van der Waals surface area contributed by atoms with Crippen LogP contribution in [0.5, 0.6) is 0 Å². The van der Waals surface area contributed by atoms with Gasteiger partial charge in [0, 0.05) is 4.88 Å². The van der Waals surface area contributed by atoms with Crippen LogP contribution < -0.4 is 0 Å². The van der Waals surface area contributed by atoms with E-state index in [-0.39, 0.29) is 12.2 Å². The third kappa shape index (κ3) is 5.92. The molecule has 1 aromatic rings. The van der Waals surface area contributed by atoms with E-state index < -0.39 is 0 Å². The topological polar surface area (TPSA) is 29.5 Å². The van der Waals surface area contributed by atoms with Gasteiger partial charge in [-0.1, -0.05) is 6.07 Å². The molecule has 15 heavy (non-hydrogen) atoms. The normalized spacial score (nSPS) is 13.3. The van der Waals surface area contributed by atoms with E-state index in [1.165, 1.54) is 4.88 Å². The van der Waals surface area contributed by atoms with Crippen LogP contribution in [0.25, 0.3) is 0 Å². The fourth-order valence-electron chi connectivity index (χ4n) is 1.35. The highest BCUT2D eigenvalue weighted by Crippen LogP contribution is 2.12. The van der Waals surface area contributed by atoms with E-state index in [0.717, 1.165) is 19.3 Å². The fourth-order valence-corrected chi connectivity index (χ4v) is 2.10. The summed E-state index contributed by atoms with van der Waals surface area (Å²) < 4.78 is 5.34. The molecule has 1 heterocycles. The van der Waals surface area contributed by atoms with Crippen LogP contribution in [0.1, 0.15) is 31.6 Å². The van der Waals surface area contributed by atoms with Gasteiger partial charge in [-0.15, -0.1) is 11.3 Å². The first-order chi connectivity index (χ1) is 7.18. The van der Waals surface area contributed by atoms with Gasteiger partial charge in [0.2, 0.25) is 0 Å². The van der Waals surface area contributed by atoms with Gasteiger partial charge in [-0.2, -0.15) is 0 Å². The van der Waals surface area contributed by atoms with Gasteiger partial charge < -0.3 is 9.84 Å². The van der Waals surface area contributed by atoms with Crippen molar-refractivity contribution in [2.24, 2.45) is 0 Å². The van der Waals surface area contributed by atoms with Crippen LogP contribution in [-0.2, 0) is 11.2 Å². The van der Waals surface area contributed by atoms with Gasteiger partial charge in [0.05, 0.1) is 18.8 Å². The zero-order valence-electron chi connectivity index (χ0n) is 9.48. The zero-order chi connectivity index (χ0) is 11.1. The van der Waals surface area contributed by atoms with E-state index in [0.29, 0.717) is 6.61 Å². The van der Waals surface area contributed by atoms with E-state index in [1.807, 2.05) is 13.8 Å². The molecule has 0 fully saturated rings. The molecule has 0 bridgehead atoms. The standard InChI is InChI=1S/C12H20O2S/c1-10(2)14-9-11(13)5-3-6-12-7-4-8-15-12/h4,7-8,10-11,13H,3,5-6,9H2,1-2H3. The Kier molecular flexibility index (Phi) is 5.91. The third-order valence-corrected chi connectivity index (χ3v) is 3.10. The minimum absolute atomic E-state index is 0.206. The molecule has 0 spiro atoms.